The van der Waals surface area contributed by atoms with Gasteiger partial charge in [-0.25, -0.2) is 9.59 Å². The maximum Gasteiger partial charge on any atom is 0.337 e. The van der Waals surface area contributed by atoms with E-state index in [4.69, 9.17) is 9.47 Å². The quantitative estimate of drug-likeness (QED) is 0.851. The second-order valence-corrected chi connectivity index (χ2v) is 4.72. The molecule has 2 amide bonds. The number of hydrogen-bond acceptors (Lipinski definition) is 5. The number of ether oxygens (including phenoxy) is 3. The summed E-state index contributed by atoms with van der Waals surface area (Å²) < 4.78 is 15.1. The molecule has 1 aliphatic heterocycles. The fourth-order valence-corrected chi connectivity index (χ4v) is 2.11. The molecule has 0 aromatic heterocycles. The monoisotopic (exact) mass is 314 g/mol. The predicted octanol–water partition coefficient (Wildman–Crippen LogP) is 2.85. The molecule has 2 N–H and O–H groups in total. The molecule has 3 rings (SSSR count). The number of amides is 2. The Balaban J connectivity index is 1.66. The summed E-state index contributed by atoms with van der Waals surface area (Å²) in [5, 5.41) is 5.33. The molecular formula is C16H14N2O5. The van der Waals surface area contributed by atoms with Gasteiger partial charge in [-0.1, -0.05) is 6.07 Å². The van der Waals surface area contributed by atoms with E-state index < -0.39 is 12.0 Å². The van der Waals surface area contributed by atoms with Crippen LogP contribution in [0.3, 0.4) is 0 Å². The first kappa shape index (κ1) is 14.7. The van der Waals surface area contributed by atoms with Crippen LogP contribution in [0.4, 0.5) is 16.2 Å². The maximum absolute atomic E-state index is 12.0. The molecule has 0 fully saturated rings. The van der Waals surface area contributed by atoms with Crippen LogP contribution in [0.5, 0.6) is 11.5 Å². The Labute approximate surface area is 132 Å². The number of carbonyl (C=O) groups excluding carboxylic acids is 2. The molecule has 0 bridgehead atoms. The zero-order valence-corrected chi connectivity index (χ0v) is 12.3. The number of nitrogens with one attached hydrogen (secondary N) is 2. The standard InChI is InChI=1S/C16H14N2O5/c1-21-15(19)10-3-2-4-11(7-10)17-16(20)18-12-5-6-13-14(8-12)23-9-22-13/h2-8H,9H2,1H3,(H2,17,18,20). The van der Waals surface area contributed by atoms with Crippen LogP contribution in [-0.4, -0.2) is 25.9 Å². The number of anilines is 2. The van der Waals surface area contributed by atoms with Crippen LogP contribution in [0.15, 0.2) is 42.5 Å². The van der Waals surface area contributed by atoms with Crippen molar-refractivity contribution in [3.63, 3.8) is 0 Å². The fourth-order valence-electron chi connectivity index (χ4n) is 2.11. The van der Waals surface area contributed by atoms with E-state index in [-0.39, 0.29) is 6.79 Å². The molecule has 0 aliphatic carbocycles. The molecule has 0 saturated carbocycles. The normalized spacial score (nSPS) is 11.7. The molecule has 1 heterocycles. The lowest BCUT2D eigenvalue weighted by Gasteiger charge is -2.09. The van der Waals surface area contributed by atoms with Crippen molar-refractivity contribution < 1.29 is 23.8 Å². The summed E-state index contributed by atoms with van der Waals surface area (Å²) in [5.74, 6) is 0.752. The summed E-state index contributed by atoms with van der Waals surface area (Å²) in [4.78, 5) is 23.5. The molecule has 0 saturated heterocycles. The Morgan fingerprint density at radius 2 is 1.74 bits per heavy atom. The van der Waals surface area contributed by atoms with Crippen molar-refractivity contribution in [1.29, 1.82) is 0 Å². The highest BCUT2D eigenvalue weighted by Gasteiger charge is 2.14. The van der Waals surface area contributed by atoms with Crippen molar-refractivity contribution in [2.24, 2.45) is 0 Å². The van der Waals surface area contributed by atoms with E-state index >= 15 is 0 Å². The molecule has 0 spiro atoms. The molecule has 23 heavy (non-hydrogen) atoms. The van der Waals surface area contributed by atoms with Gasteiger partial charge in [0.1, 0.15) is 0 Å². The number of carbonyl (C=O) groups is 2. The van der Waals surface area contributed by atoms with Crippen molar-refractivity contribution in [3.05, 3.63) is 48.0 Å². The van der Waals surface area contributed by atoms with E-state index in [0.29, 0.717) is 28.4 Å². The highest BCUT2D eigenvalue weighted by atomic mass is 16.7. The van der Waals surface area contributed by atoms with Gasteiger partial charge in [-0.05, 0) is 30.3 Å². The van der Waals surface area contributed by atoms with Crippen molar-refractivity contribution in [3.8, 4) is 11.5 Å². The van der Waals surface area contributed by atoms with Gasteiger partial charge in [-0.3, -0.25) is 0 Å². The Bertz CT molecular complexity index is 760. The minimum atomic E-state index is -0.468. The number of methoxy groups -OCH3 is 1. The summed E-state index contributed by atoms with van der Waals surface area (Å²) in [6.07, 6.45) is 0. The van der Waals surface area contributed by atoms with E-state index in [0.717, 1.165) is 0 Å². The smallest absolute Gasteiger partial charge is 0.337 e. The molecule has 0 radical (unpaired) electrons. The summed E-state index contributed by atoms with van der Waals surface area (Å²) >= 11 is 0. The van der Waals surface area contributed by atoms with Crippen LogP contribution in [-0.2, 0) is 4.74 Å². The number of rotatable bonds is 3. The molecular weight excluding hydrogens is 300 g/mol. The number of fused-ring (bicyclic) bond motifs is 1. The largest absolute Gasteiger partial charge is 0.465 e. The molecule has 2 aromatic carbocycles. The first-order valence-electron chi connectivity index (χ1n) is 6.82. The van der Waals surface area contributed by atoms with Gasteiger partial charge in [0.25, 0.3) is 0 Å². The number of benzene rings is 2. The third-order valence-electron chi connectivity index (χ3n) is 3.17. The Kier molecular flexibility index (Phi) is 4.01. The lowest BCUT2D eigenvalue weighted by molar-refractivity contribution is 0.0600. The third kappa shape index (κ3) is 3.34. The van der Waals surface area contributed by atoms with Gasteiger partial charge in [-0.2, -0.15) is 0 Å². The summed E-state index contributed by atoms with van der Waals surface area (Å²) in [6.45, 7) is 0.172. The number of esters is 1. The second-order valence-electron chi connectivity index (χ2n) is 4.72. The zero-order chi connectivity index (χ0) is 16.2. The average molecular weight is 314 g/mol. The van der Waals surface area contributed by atoms with Crippen LogP contribution >= 0.6 is 0 Å². The maximum atomic E-state index is 12.0. The van der Waals surface area contributed by atoms with Gasteiger partial charge in [0.15, 0.2) is 11.5 Å². The summed E-state index contributed by atoms with van der Waals surface area (Å²) in [6, 6.07) is 11.1. The van der Waals surface area contributed by atoms with Crippen molar-refractivity contribution in [2.75, 3.05) is 24.5 Å². The Morgan fingerprint density at radius 3 is 2.52 bits per heavy atom. The van der Waals surface area contributed by atoms with Gasteiger partial charge in [-0.15, -0.1) is 0 Å². The molecule has 0 unspecified atom stereocenters. The van der Waals surface area contributed by atoms with Crippen molar-refractivity contribution >= 4 is 23.4 Å². The van der Waals surface area contributed by atoms with E-state index in [9.17, 15) is 9.59 Å². The fraction of sp³-hybridized carbons (Fsp3) is 0.125. The number of hydrogen-bond donors (Lipinski definition) is 2. The third-order valence-corrected chi connectivity index (χ3v) is 3.17. The van der Waals surface area contributed by atoms with E-state index in [1.54, 1.807) is 36.4 Å². The van der Waals surface area contributed by atoms with Gasteiger partial charge in [0, 0.05) is 17.4 Å². The first-order chi connectivity index (χ1) is 11.2. The van der Waals surface area contributed by atoms with Crippen LogP contribution < -0.4 is 20.1 Å². The highest BCUT2D eigenvalue weighted by Crippen LogP contribution is 2.34. The highest BCUT2D eigenvalue weighted by molar-refractivity contribution is 6.01. The van der Waals surface area contributed by atoms with Crippen LogP contribution in [0.2, 0.25) is 0 Å². The van der Waals surface area contributed by atoms with E-state index in [1.807, 2.05) is 0 Å². The summed E-state index contributed by atoms with van der Waals surface area (Å²) in [7, 11) is 1.30. The molecule has 0 atom stereocenters. The van der Waals surface area contributed by atoms with Gasteiger partial charge >= 0.3 is 12.0 Å². The predicted molar refractivity (Wildman–Crippen MR) is 83.0 cm³/mol. The van der Waals surface area contributed by atoms with Crippen molar-refractivity contribution in [1.82, 2.24) is 0 Å². The zero-order valence-electron chi connectivity index (χ0n) is 12.3. The number of urea groups is 1. The molecule has 7 heteroatoms. The summed E-state index contributed by atoms with van der Waals surface area (Å²) in [5.41, 5.74) is 1.40. The first-order valence-corrected chi connectivity index (χ1v) is 6.82. The minimum Gasteiger partial charge on any atom is -0.465 e. The van der Waals surface area contributed by atoms with Crippen LogP contribution in [0, 0.1) is 0 Å². The topological polar surface area (TPSA) is 85.9 Å². The molecule has 1 aliphatic rings. The Morgan fingerprint density at radius 1 is 1.00 bits per heavy atom. The molecule has 2 aromatic rings. The molecule has 7 nitrogen and oxygen atoms in total. The lowest BCUT2D eigenvalue weighted by Crippen LogP contribution is -2.19. The van der Waals surface area contributed by atoms with Crippen LogP contribution in [0.1, 0.15) is 10.4 Å². The SMILES string of the molecule is COC(=O)c1cccc(NC(=O)Nc2ccc3c(c2)OCO3)c1. The molecule has 118 valence electrons. The van der Waals surface area contributed by atoms with Gasteiger partial charge in [0.2, 0.25) is 6.79 Å². The van der Waals surface area contributed by atoms with E-state index in [2.05, 4.69) is 15.4 Å². The van der Waals surface area contributed by atoms with Crippen LogP contribution in [0.25, 0.3) is 0 Å². The van der Waals surface area contributed by atoms with E-state index in [1.165, 1.54) is 13.2 Å². The van der Waals surface area contributed by atoms with Crippen molar-refractivity contribution in [2.45, 2.75) is 0 Å². The lowest BCUT2D eigenvalue weighted by atomic mass is 10.2. The van der Waals surface area contributed by atoms with Gasteiger partial charge < -0.3 is 24.8 Å². The van der Waals surface area contributed by atoms with Gasteiger partial charge in [0.05, 0.1) is 12.7 Å². The minimum absolute atomic E-state index is 0.172. The second kappa shape index (κ2) is 6.27. The Hall–Kier alpha value is -3.22. The average Bonchev–Trinajstić information content (AvgIpc) is 3.02.